The fourth-order valence-corrected chi connectivity index (χ4v) is 1.32. The molecule has 3 nitrogen and oxygen atoms in total. The largest absolute Gasteiger partial charge is 0.476 e. The first-order valence-corrected chi connectivity index (χ1v) is 5.22. The molecule has 0 bridgehead atoms. The molecule has 0 saturated heterocycles. The van der Waals surface area contributed by atoms with E-state index in [1.165, 1.54) is 19.1 Å². The van der Waals surface area contributed by atoms with Crippen molar-refractivity contribution in [1.29, 1.82) is 0 Å². The smallest absolute Gasteiger partial charge is 0.367 e. The zero-order chi connectivity index (χ0) is 13.8. The second-order valence-electron chi connectivity index (χ2n) is 3.58. The van der Waals surface area contributed by atoms with Crippen LogP contribution in [-0.4, -0.2) is 16.9 Å². The molecule has 0 aliphatic heterocycles. The van der Waals surface area contributed by atoms with Gasteiger partial charge in [-0.2, -0.15) is 4.39 Å². The predicted octanol–water partition coefficient (Wildman–Crippen LogP) is 3.41. The molecule has 1 aromatic rings. The van der Waals surface area contributed by atoms with Gasteiger partial charge in [0.15, 0.2) is 0 Å². The molecule has 6 heteroatoms. The number of aliphatic carboxylic acids is 1. The summed E-state index contributed by atoms with van der Waals surface area (Å²) in [6.45, 7) is 1.27. The van der Waals surface area contributed by atoms with Crippen LogP contribution >= 0.6 is 0 Å². The molecule has 0 aromatic heterocycles. The first-order valence-electron chi connectivity index (χ1n) is 5.22. The molecule has 0 fully saturated rings. The highest BCUT2D eigenvalue weighted by Gasteiger charge is 2.38. The maximum absolute atomic E-state index is 14.2. The molecule has 98 valence electrons. The monoisotopic (exact) mass is 259 g/mol. The Hall–Kier alpha value is -1.98. The van der Waals surface area contributed by atoms with Crippen LogP contribution in [0.5, 0.6) is 0 Å². The minimum Gasteiger partial charge on any atom is -0.476 e. The average molecular weight is 259 g/mol. The van der Waals surface area contributed by atoms with E-state index in [4.69, 9.17) is 5.11 Å². The van der Waals surface area contributed by atoms with Crippen LogP contribution in [0.4, 0.5) is 18.9 Å². The number of rotatable bonds is 5. The molecule has 0 spiro atoms. The van der Waals surface area contributed by atoms with Gasteiger partial charge in [-0.1, -0.05) is 25.1 Å². The zero-order valence-electron chi connectivity index (χ0n) is 9.58. The van der Waals surface area contributed by atoms with Crippen molar-refractivity contribution in [2.24, 2.45) is 0 Å². The van der Waals surface area contributed by atoms with Gasteiger partial charge in [-0.25, -0.2) is 13.6 Å². The summed E-state index contributed by atoms with van der Waals surface area (Å²) in [5.74, 6) is -9.13. The first-order chi connectivity index (χ1) is 8.40. The maximum atomic E-state index is 14.2. The summed E-state index contributed by atoms with van der Waals surface area (Å²) in [4.78, 5) is 10.3. The minimum absolute atomic E-state index is 0.218. The molecule has 18 heavy (non-hydrogen) atoms. The number of hydrogen-bond acceptors (Lipinski definition) is 2. The van der Waals surface area contributed by atoms with Crippen molar-refractivity contribution >= 4 is 11.7 Å². The number of anilines is 1. The van der Waals surface area contributed by atoms with E-state index in [0.717, 1.165) is 0 Å². The van der Waals surface area contributed by atoms with Crippen molar-refractivity contribution in [2.75, 3.05) is 5.32 Å². The second kappa shape index (κ2) is 5.57. The van der Waals surface area contributed by atoms with Gasteiger partial charge in [0, 0.05) is 12.1 Å². The molecule has 0 aliphatic rings. The van der Waals surface area contributed by atoms with Crippen molar-refractivity contribution in [1.82, 2.24) is 0 Å². The molecular formula is C12H12F3NO2. The molecule has 0 aliphatic carbocycles. The number of carbonyl (C=O) groups is 1. The Morgan fingerprint density at radius 3 is 2.33 bits per heavy atom. The van der Waals surface area contributed by atoms with Crippen LogP contribution in [0.1, 0.15) is 13.3 Å². The molecule has 2 N–H and O–H groups in total. The standard InChI is InChI=1S/C12H12F3NO2/c1-2-12(15,10(14)9(13)11(17)18)16-8-6-4-3-5-7-8/h3-7,16H,2H2,1H3,(H,17,18)/b10-9+. The number of benzene rings is 1. The van der Waals surface area contributed by atoms with E-state index in [1.54, 1.807) is 18.2 Å². The fraction of sp³-hybridized carbons (Fsp3) is 0.250. The number of carboxylic acids is 1. The lowest BCUT2D eigenvalue weighted by Crippen LogP contribution is -2.34. The van der Waals surface area contributed by atoms with Crippen LogP contribution in [0, 0.1) is 0 Å². The normalized spacial score (nSPS) is 15.6. The zero-order valence-corrected chi connectivity index (χ0v) is 9.58. The van der Waals surface area contributed by atoms with E-state index in [9.17, 15) is 18.0 Å². The Morgan fingerprint density at radius 1 is 1.33 bits per heavy atom. The Labute approximate surface area is 102 Å². The molecule has 0 amide bonds. The van der Waals surface area contributed by atoms with E-state index >= 15 is 0 Å². The van der Waals surface area contributed by atoms with Crippen molar-refractivity contribution in [3.63, 3.8) is 0 Å². The van der Waals surface area contributed by atoms with Gasteiger partial charge in [-0.05, 0) is 12.1 Å². The third-order valence-electron chi connectivity index (χ3n) is 2.33. The van der Waals surface area contributed by atoms with Crippen molar-refractivity contribution in [2.45, 2.75) is 19.1 Å². The van der Waals surface area contributed by atoms with Crippen LogP contribution in [0.2, 0.25) is 0 Å². The average Bonchev–Trinajstić information content (AvgIpc) is 2.37. The number of nitrogens with one attached hydrogen (secondary N) is 1. The number of para-hydroxylation sites is 1. The van der Waals surface area contributed by atoms with E-state index in [-0.39, 0.29) is 5.69 Å². The van der Waals surface area contributed by atoms with Crippen molar-refractivity contribution in [3.8, 4) is 0 Å². The first kappa shape index (κ1) is 14.1. The van der Waals surface area contributed by atoms with E-state index in [1.807, 2.05) is 0 Å². The van der Waals surface area contributed by atoms with Gasteiger partial charge in [0.2, 0.25) is 17.4 Å². The lowest BCUT2D eigenvalue weighted by molar-refractivity contribution is -0.134. The molecule has 0 saturated carbocycles. The Morgan fingerprint density at radius 2 is 1.89 bits per heavy atom. The van der Waals surface area contributed by atoms with Gasteiger partial charge in [-0.3, -0.25) is 0 Å². The summed E-state index contributed by atoms with van der Waals surface area (Å²) < 4.78 is 40.6. The Balaban J connectivity index is 3.07. The van der Waals surface area contributed by atoms with Crippen LogP contribution in [0.25, 0.3) is 0 Å². The quantitative estimate of drug-likeness (QED) is 0.629. The minimum atomic E-state index is -2.89. The van der Waals surface area contributed by atoms with Crippen LogP contribution in [0.3, 0.4) is 0 Å². The second-order valence-corrected chi connectivity index (χ2v) is 3.58. The third kappa shape index (κ3) is 3.03. The number of hydrogen-bond donors (Lipinski definition) is 2. The molecule has 0 heterocycles. The van der Waals surface area contributed by atoms with Crippen LogP contribution in [0.15, 0.2) is 42.0 Å². The Bertz CT molecular complexity index is 462. The lowest BCUT2D eigenvalue weighted by Gasteiger charge is -2.24. The van der Waals surface area contributed by atoms with Crippen LogP contribution < -0.4 is 5.32 Å². The molecule has 0 radical (unpaired) electrons. The third-order valence-corrected chi connectivity index (χ3v) is 2.33. The summed E-state index contributed by atoms with van der Waals surface area (Å²) in [5.41, 5.74) is 0.218. The highest BCUT2D eigenvalue weighted by molar-refractivity contribution is 5.85. The maximum Gasteiger partial charge on any atom is 0.367 e. The summed E-state index contributed by atoms with van der Waals surface area (Å²) in [6, 6.07) is 7.73. The lowest BCUT2D eigenvalue weighted by atomic mass is 10.1. The van der Waals surface area contributed by atoms with E-state index < -0.39 is 29.8 Å². The van der Waals surface area contributed by atoms with Gasteiger partial charge in [0.25, 0.3) is 0 Å². The van der Waals surface area contributed by atoms with Crippen LogP contribution in [-0.2, 0) is 4.79 Å². The van der Waals surface area contributed by atoms with Gasteiger partial charge >= 0.3 is 5.97 Å². The molecule has 1 unspecified atom stereocenters. The molecular weight excluding hydrogens is 247 g/mol. The van der Waals surface area contributed by atoms with Gasteiger partial charge in [0.05, 0.1) is 0 Å². The summed E-state index contributed by atoms with van der Waals surface area (Å²) in [7, 11) is 0. The van der Waals surface area contributed by atoms with Gasteiger partial charge in [0.1, 0.15) is 0 Å². The number of carboxylic acid groups (broad SMARTS) is 1. The van der Waals surface area contributed by atoms with E-state index in [0.29, 0.717) is 0 Å². The summed E-state index contributed by atoms with van der Waals surface area (Å²) in [6.07, 6.45) is -0.464. The fourth-order valence-electron chi connectivity index (χ4n) is 1.32. The van der Waals surface area contributed by atoms with Crippen molar-refractivity contribution in [3.05, 3.63) is 42.0 Å². The summed E-state index contributed by atoms with van der Waals surface area (Å²) >= 11 is 0. The highest BCUT2D eigenvalue weighted by atomic mass is 19.2. The Kier molecular flexibility index (Phi) is 4.36. The van der Waals surface area contributed by atoms with Gasteiger partial charge in [-0.15, -0.1) is 0 Å². The summed E-state index contributed by atoms with van der Waals surface area (Å²) in [5, 5.41) is 10.4. The van der Waals surface area contributed by atoms with Gasteiger partial charge < -0.3 is 10.4 Å². The van der Waals surface area contributed by atoms with E-state index in [2.05, 4.69) is 5.32 Å². The molecule has 1 atom stereocenters. The highest BCUT2D eigenvalue weighted by Crippen LogP contribution is 2.31. The topological polar surface area (TPSA) is 49.3 Å². The molecule has 1 rings (SSSR count). The number of halogens is 3. The molecule has 1 aromatic carbocycles. The SMILES string of the molecule is CCC(F)(Nc1ccccc1)/C(F)=C(\F)C(=O)O. The van der Waals surface area contributed by atoms with Crippen molar-refractivity contribution < 1.29 is 23.1 Å². The predicted molar refractivity (Wildman–Crippen MR) is 61.1 cm³/mol. The number of alkyl halides is 1.